The van der Waals surface area contributed by atoms with Crippen molar-refractivity contribution in [3.8, 4) is 0 Å². The zero-order valence-electron chi connectivity index (χ0n) is 12.4. The third-order valence-corrected chi connectivity index (χ3v) is 2.79. The Balaban J connectivity index is 2.66. The number of halogens is 2. The first-order valence-corrected chi connectivity index (χ1v) is 7.25. The number of hydrogen-bond donors (Lipinski definition) is 3. The van der Waals surface area contributed by atoms with Gasteiger partial charge in [0.1, 0.15) is 11.6 Å². The van der Waals surface area contributed by atoms with E-state index in [1.165, 1.54) is 18.2 Å². The predicted molar refractivity (Wildman–Crippen MR) is 85.7 cm³/mol. The number of benzene rings is 1. The van der Waals surface area contributed by atoms with Gasteiger partial charge in [-0.3, -0.25) is 0 Å². The first-order valence-electron chi connectivity index (χ1n) is 6.49. The van der Waals surface area contributed by atoms with Crippen LogP contribution >= 0.6 is 23.2 Å². The average molecular weight is 349 g/mol. The molecule has 0 spiro atoms. The molecular formula is C14H18Cl2N2O4. The molecule has 0 bridgehead atoms. The first-order chi connectivity index (χ1) is 10.1. The number of rotatable bonds is 5. The highest BCUT2D eigenvalue weighted by atomic mass is 35.5. The normalized spacial score (nSPS) is 12.4. The van der Waals surface area contributed by atoms with E-state index in [1.807, 2.05) is 0 Å². The highest BCUT2D eigenvalue weighted by molar-refractivity contribution is 6.35. The molecule has 122 valence electrons. The van der Waals surface area contributed by atoms with E-state index in [-0.39, 0.29) is 6.54 Å². The van der Waals surface area contributed by atoms with Gasteiger partial charge in [0.25, 0.3) is 0 Å². The van der Waals surface area contributed by atoms with E-state index in [2.05, 4.69) is 10.6 Å². The minimum Gasteiger partial charge on any atom is -0.480 e. The second-order valence-electron chi connectivity index (χ2n) is 5.58. The average Bonchev–Trinajstić information content (AvgIpc) is 2.30. The molecule has 0 radical (unpaired) electrons. The van der Waals surface area contributed by atoms with Crippen LogP contribution in [0.3, 0.4) is 0 Å². The molecule has 0 saturated carbocycles. The Morgan fingerprint density at radius 2 is 1.77 bits per heavy atom. The van der Waals surface area contributed by atoms with Crippen LogP contribution in [0.5, 0.6) is 0 Å². The monoisotopic (exact) mass is 348 g/mol. The molecule has 6 nitrogen and oxygen atoms in total. The van der Waals surface area contributed by atoms with Crippen LogP contribution in [0, 0.1) is 0 Å². The van der Waals surface area contributed by atoms with Gasteiger partial charge < -0.3 is 20.5 Å². The predicted octanol–water partition coefficient (Wildman–Crippen LogP) is 3.38. The largest absolute Gasteiger partial charge is 0.480 e. The van der Waals surface area contributed by atoms with E-state index in [4.69, 9.17) is 27.9 Å². The van der Waals surface area contributed by atoms with Gasteiger partial charge in [-0.2, -0.15) is 0 Å². The molecule has 0 heterocycles. The van der Waals surface area contributed by atoms with Crippen molar-refractivity contribution in [1.29, 1.82) is 0 Å². The second kappa shape index (κ2) is 7.56. The number of ether oxygens (including phenoxy) is 1. The zero-order valence-corrected chi connectivity index (χ0v) is 14.0. The van der Waals surface area contributed by atoms with Crippen molar-refractivity contribution < 1.29 is 19.4 Å². The lowest BCUT2D eigenvalue weighted by atomic mass is 10.2. The third kappa shape index (κ3) is 6.87. The smallest absolute Gasteiger partial charge is 0.407 e. The molecular weight excluding hydrogens is 331 g/mol. The summed E-state index contributed by atoms with van der Waals surface area (Å²) in [6.07, 6.45) is -0.690. The van der Waals surface area contributed by atoms with Gasteiger partial charge in [0.05, 0.1) is 6.54 Å². The molecule has 0 aliphatic rings. The standard InChI is InChI=1S/C14H18Cl2N2O4/c1-14(2,3)22-13(21)17-7-11(12(19)20)18-10-5-8(15)4-9(16)6-10/h4-6,11,18H,7H2,1-3H3,(H,17,21)(H,19,20)/t11-/m0/s1. The van der Waals surface area contributed by atoms with Crippen LogP contribution in [0.15, 0.2) is 18.2 Å². The lowest BCUT2D eigenvalue weighted by Gasteiger charge is -2.21. The van der Waals surface area contributed by atoms with E-state index in [1.54, 1.807) is 20.8 Å². The Bertz CT molecular complexity index is 538. The lowest BCUT2D eigenvalue weighted by molar-refractivity contribution is -0.137. The molecule has 1 aromatic carbocycles. The molecule has 1 rings (SSSR count). The molecule has 1 aromatic rings. The van der Waals surface area contributed by atoms with Gasteiger partial charge in [-0.25, -0.2) is 9.59 Å². The highest BCUT2D eigenvalue weighted by Crippen LogP contribution is 2.22. The van der Waals surface area contributed by atoms with Crippen LogP contribution in [-0.4, -0.2) is 35.4 Å². The number of amides is 1. The van der Waals surface area contributed by atoms with Gasteiger partial charge in [0, 0.05) is 15.7 Å². The molecule has 1 atom stereocenters. The number of hydrogen-bond acceptors (Lipinski definition) is 4. The summed E-state index contributed by atoms with van der Waals surface area (Å²) in [6, 6.07) is 3.55. The highest BCUT2D eigenvalue weighted by Gasteiger charge is 2.21. The quantitative estimate of drug-likeness (QED) is 0.759. The number of carboxylic acids is 1. The van der Waals surface area contributed by atoms with Crippen LogP contribution in [0.4, 0.5) is 10.5 Å². The summed E-state index contributed by atoms with van der Waals surface area (Å²) in [5.74, 6) is -1.13. The number of aliphatic carboxylic acids is 1. The third-order valence-electron chi connectivity index (χ3n) is 2.35. The fourth-order valence-electron chi connectivity index (χ4n) is 1.54. The zero-order chi connectivity index (χ0) is 16.9. The molecule has 8 heteroatoms. The summed E-state index contributed by atoms with van der Waals surface area (Å²) in [6.45, 7) is 4.99. The number of nitrogens with one attached hydrogen (secondary N) is 2. The van der Waals surface area contributed by atoms with E-state index in [9.17, 15) is 14.7 Å². The van der Waals surface area contributed by atoms with Crippen molar-refractivity contribution in [2.75, 3.05) is 11.9 Å². The Labute approximate surface area is 138 Å². The fraction of sp³-hybridized carbons (Fsp3) is 0.429. The molecule has 0 aliphatic carbocycles. The Morgan fingerprint density at radius 3 is 2.23 bits per heavy atom. The molecule has 0 aromatic heterocycles. The van der Waals surface area contributed by atoms with Gasteiger partial charge in [0.15, 0.2) is 0 Å². The maximum absolute atomic E-state index is 11.6. The van der Waals surface area contributed by atoms with E-state index < -0.39 is 23.7 Å². The molecule has 3 N–H and O–H groups in total. The maximum atomic E-state index is 11.6. The maximum Gasteiger partial charge on any atom is 0.407 e. The number of carbonyl (C=O) groups excluding carboxylic acids is 1. The van der Waals surface area contributed by atoms with Crippen LogP contribution in [0.25, 0.3) is 0 Å². The summed E-state index contributed by atoms with van der Waals surface area (Å²) < 4.78 is 5.04. The molecule has 1 amide bonds. The Morgan fingerprint density at radius 1 is 1.23 bits per heavy atom. The second-order valence-corrected chi connectivity index (χ2v) is 6.45. The van der Waals surface area contributed by atoms with Gasteiger partial charge in [0.2, 0.25) is 0 Å². The van der Waals surface area contributed by atoms with Crippen molar-refractivity contribution in [3.05, 3.63) is 28.2 Å². The minimum atomic E-state index is -1.13. The lowest BCUT2D eigenvalue weighted by Crippen LogP contribution is -2.43. The van der Waals surface area contributed by atoms with Crippen LogP contribution < -0.4 is 10.6 Å². The molecule has 0 saturated heterocycles. The van der Waals surface area contributed by atoms with Crippen molar-refractivity contribution in [2.45, 2.75) is 32.4 Å². The Hall–Kier alpha value is -1.66. The van der Waals surface area contributed by atoms with Crippen molar-refractivity contribution in [2.24, 2.45) is 0 Å². The van der Waals surface area contributed by atoms with Crippen LogP contribution in [0.1, 0.15) is 20.8 Å². The van der Waals surface area contributed by atoms with Gasteiger partial charge in [-0.1, -0.05) is 23.2 Å². The number of carboxylic acid groups (broad SMARTS) is 1. The van der Waals surface area contributed by atoms with Crippen molar-refractivity contribution >= 4 is 41.0 Å². The van der Waals surface area contributed by atoms with Crippen molar-refractivity contribution in [1.82, 2.24) is 5.32 Å². The molecule has 0 fully saturated rings. The summed E-state index contributed by atoms with van der Waals surface area (Å²) in [4.78, 5) is 22.8. The number of anilines is 1. The van der Waals surface area contributed by atoms with Gasteiger partial charge >= 0.3 is 12.1 Å². The van der Waals surface area contributed by atoms with Crippen LogP contribution in [-0.2, 0) is 9.53 Å². The van der Waals surface area contributed by atoms with E-state index in [0.717, 1.165) is 0 Å². The first kappa shape index (κ1) is 18.4. The fourth-order valence-corrected chi connectivity index (χ4v) is 2.06. The number of alkyl carbamates (subject to hydrolysis) is 1. The Kier molecular flexibility index (Phi) is 6.32. The summed E-state index contributed by atoms with van der Waals surface area (Å²) >= 11 is 11.7. The van der Waals surface area contributed by atoms with Crippen molar-refractivity contribution in [3.63, 3.8) is 0 Å². The van der Waals surface area contributed by atoms with E-state index >= 15 is 0 Å². The summed E-state index contributed by atoms with van der Waals surface area (Å²) in [5, 5.41) is 15.1. The molecule has 22 heavy (non-hydrogen) atoms. The molecule has 0 aliphatic heterocycles. The minimum absolute atomic E-state index is 0.158. The summed E-state index contributed by atoms with van der Waals surface area (Å²) in [5.41, 5.74) is -0.215. The topological polar surface area (TPSA) is 87.7 Å². The SMILES string of the molecule is CC(C)(C)OC(=O)NC[C@H](Nc1cc(Cl)cc(Cl)c1)C(=O)O. The van der Waals surface area contributed by atoms with Gasteiger partial charge in [-0.15, -0.1) is 0 Å². The van der Waals surface area contributed by atoms with E-state index in [0.29, 0.717) is 15.7 Å². The number of carbonyl (C=O) groups is 2. The van der Waals surface area contributed by atoms with Gasteiger partial charge in [-0.05, 0) is 39.0 Å². The summed E-state index contributed by atoms with van der Waals surface area (Å²) in [7, 11) is 0. The van der Waals surface area contributed by atoms with Crippen LogP contribution in [0.2, 0.25) is 10.0 Å². The molecule has 0 unspecified atom stereocenters.